The lowest BCUT2D eigenvalue weighted by atomic mass is 9.99. The number of hydrogen-bond acceptors (Lipinski definition) is 2. The van der Waals surface area contributed by atoms with E-state index in [1.807, 2.05) is 0 Å². The quantitative estimate of drug-likeness (QED) is 0.867. The molecule has 0 spiro atoms. The third-order valence-electron chi connectivity index (χ3n) is 2.89. The van der Waals surface area contributed by atoms with Crippen LogP contribution in [0.1, 0.15) is 17.2 Å². The van der Waals surface area contributed by atoms with Crippen LogP contribution in [0.3, 0.4) is 0 Å². The second-order valence-electron chi connectivity index (χ2n) is 4.56. The topological polar surface area (TPSA) is 35.2 Å². The molecule has 0 aliphatic carbocycles. The van der Waals surface area contributed by atoms with Gasteiger partial charge < -0.3 is 10.5 Å². The maximum absolute atomic E-state index is 13.1. The summed E-state index contributed by atoms with van der Waals surface area (Å²) in [6.07, 6.45) is -4.33. The summed E-state index contributed by atoms with van der Waals surface area (Å²) in [5.74, 6) is -0.655. The fourth-order valence-corrected chi connectivity index (χ4v) is 1.95. The number of hydrogen-bond donors (Lipinski definition) is 1. The van der Waals surface area contributed by atoms with Crippen LogP contribution in [0.2, 0.25) is 0 Å². The highest BCUT2D eigenvalue weighted by molar-refractivity contribution is 5.30. The zero-order valence-electron chi connectivity index (χ0n) is 10.9. The monoisotopic (exact) mass is 299 g/mol. The van der Waals surface area contributed by atoms with Gasteiger partial charge in [0.2, 0.25) is 0 Å². The molecule has 0 fully saturated rings. The Hall–Kier alpha value is -2.08. The minimum absolute atomic E-state index is 0.302. The van der Waals surface area contributed by atoms with Crippen LogP contribution in [0, 0.1) is 5.82 Å². The summed E-state index contributed by atoms with van der Waals surface area (Å²) in [4.78, 5) is 0. The van der Waals surface area contributed by atoms with Crippen LogP contribution in [0.4, 0.5) is 17.6 Å². The number of rotatable bonds is 4. The van der Waals surface area contributed by atoms with Crippen LogP contribution in [0.15, 0.2) is 48.5 Å². The van der Waals surface area contributed by atoms with Crippen molar-refractivity contribution in [3.63, 3.8) is 0 Å². The first-order valence-corrected chi connectivity index (χ1v) is 6.19. The molecule has 0 heterocycles. The Morgan fingerprint density at radius 1 is 1.05 bits per heavy atom. The maximum Gasteiger partial charge on any atom is 0.573 e. The van der Waals surface area contributed by atoms with Crippen molar-refractivity contribution >= 4 is 0 Å². The fraction of sp³-hybridized carbons (Fsp3) is 0.200. The predicted octanol–water partition coefficient (Wildman–Crippen LogP) is 3.97. The summed E-state index contributed by atoms with van der Waals surface area (Å²) in [5, 5.41) is 0. The summed E-state index contributed by atoms with van der Waals surface area (Å²) in [6, 6.07) is 10.9. The highest BCUT2D eigenvalue weighted by Crippen LogP contribution is 2.25. The first-order chi connectivity index (χ1) is 9.83. The summed E-state index contributed by atoms with van der Waals surface area (Å²) in [7, 11) is 0. The third-order valence-corrected chi connectivity index (χ3v) is 2.89. The zero-order valence-corrected chi connectivity index (χ0v) is 10.9. The molecule has 2 N–H and O–H groups in total. The van der Waals surface area contributed by atoms with Crippen molar-refractivity contribution in [2.24, 2.45) is 5.73 Å². The molecule has 0 amide bonds. The zero-order chi connectivity index (χ0) is 15.5. The van der Waals surface area contributed by atoms with E-state index in [2.05, 4.69) is 4.74 Å². The van der Waals surface area contributed by atoms with Crippen LogP contribution in [-0.4, -0.2) is 6.36 Å². The van der Waals surface area contributed by atoms with Crippen molar-refractivity contribution in [1.29, 1.82) is 0 Å². The van der Waals surface area contributed by atoms with E-state index in [0.717, 1.165) is 5.56 Å². The Kier molecular flexibility index (Phi) is 4.47. The third kappa shape index (κ3) is 4.75. The molecule has 112 valence electrons. The Labute approximate surface area is 119 Å². The highest BCUT2D eigenvalue weighted by Gasteiger charge is 2.31. The molecule has 0 saturated heterocycles. The number of benzene rings is 2. The Morgan fingerprint density at radius 2 is 1.71 bits per heavy atom. The number of ether oxygens (including phenoxy) is 1. The molecule has 2 aromatic rings. The summed E-state index contributed by atoms with van der Waals surface area (Å²) in [5.41, 5.74) is 7.34. The molecule has 2 rings (SSSR count). The fourth-order valence-electron chi connectivity index (χ4n) is 1.95. The molecule has 6 heteroatoms. The maximum atomic E-state index is 13.1. The lowest BCUT2D eigenvalue weighted by Crippen LogP contribution is -2.17. The second-order valence-corrected chi connectivity index (χ2v) is 4.56. The van der Waals surface area contributed by atoms with E-state index in [1.54, 1.807) is 12.1 Å². The normalized spacial score (nSPS) is 13.0. The van der Waals surface area contributed by atoms with Gasteiger partial charge in [0.05, 0.1) is 0 Å². The average molecular weight is 299 g/mol. The van der Waals surface area contributed by atoms with Gasteiger partial charge in [0.1, 0.15) is 11.6 Å². The summed E-state index contributed by atoms with van der Waals surface area (Å²) >= 11 is 0. The lowest BCUT2D eigenvalue weighted by Gasteiger charge is -2.14. The molecule has 2 aromatic carbocycles. The molecule has 0 radical (unpaired) electrons. The Bertz CT molecular complexity index is 595. The molecule has 21 heavy (non-hydrogen) atoms. The minimum Gasteiger partial charge on any atom is -0.406 e. The van der Waals surface area contributed by atoms with E-state index >= 15 is 0 Å². The van der Waals surface area contributed by atoms with Crippen LogP contribution in [0.25, 0.3) is 0 Å². The molecule has 0 aliphatic heterocycles. The van der Waals surface area contributed by atoms with Gasteiger partial charge in [-0.3, -0.25) is 0 Å². The Balaban J connectivity index is 2.04. The van der Waals surface area contributed by atoms with Crippen LogP contribution in [-0.2, 0) is 6.42 Å². The SMILES string of the molecule is NC(Cc1cccc(F)c1)c1ccc(OC(F)(F)F)cc1. The molecular formula is C15H13F4NO. The lowest BCUT2D eigenvalue weighted by molar-refractivity contribution is -0.274. The van der Waals surface area contributed by atoms with Crippen molar-refractivity contribution in [3.8, 4) is 5.75 Å². The van der Waals surface area contributed by atoms with E-state index in [9.17, 15) is 17.6 Å². The van der Waals surface area contributed by atoms with Crippen molar-refractivity contribution in [2.75, 3.05) is 0 Å². The molecule has 0 aromatic heterocycles. The molecule has 1 unspecified atom stereocenters. The number of nitrogens with two attached hydrogens (primary N) is 1. The van der Waals surface area contributed by atoms with Gasteiger partial charge in [-0.15, -0.1) is 13.2 Å². The smallest absolute Gasteiger partial charge is 0.406 e. The molecule has 0 bridgehead atoms. The predicted molar refractivity (Wildman–Crippen MR) is 70.2 cm³/mol. The van der Waals surface area contributed by atoms with Crippen molar-refractivity contribution < 1.29 is 22.3 Å². The van der Waals surface area contributed by atoms with Gasteiger partial charge in [-0.25, -0.2) is 4.39 Å². The van der Waals surface area contributed by atoms with Gasteiger partial charge >= 0.3 is 6.36 Å². The van der Waals surface area contributed by atoms with Crippen LogP contribution in [0.5, 0.6) is 5.75 Å². The van der Waals surface area contributed by atoms with Crippen molar-refractivity contribution in [3.05, 3.63) is 65.5 Å². The van der Waals surface area contributed by atoms with Gasteiger partial charge in [0.15, 0.2) is 0 Å². The van der Waals surface area contributed by atoms with E-state index < -0.39 is 12.4 Å². The van der Waals surface area contributed by atoms with Gasteiger partial charge in [-0.2, -0.15) is 0 Å². The highest BCUT2D eigenvalue weighted by atomic mass is 19.4. The van der Waals surface area contributed by atoms with Gasteiger partial charge in [0, 0.05) is 6.04 Å². The van der Waals surface area contributed by atoms with Crippen LogP contribution < -0.4 is 10.5 Å². The first-order valence-electron chi connectivity index (χ1n) is 6.19. The van der Waals surface area contributed by atoms with E-state index in [0.29, 0.717) is 12.0 Å². The first kappa shape index (κ1) is 15.3. The van der Waals surface area contributed by atoms with E-state index in [-0.39, 0.29) is 11.6 Å². The molecule has 0 aliphatic rings. The summed E-state index contributed by atoms with van der Waals surface area (Å²) < 4.78 is 53.0. The largest absolute Gasteiger partial charge is 0.573 e. The molecular weight excluding hydrogens is 286 g/mol. The van der Waals surface area contributed by atoms with Crippen LogP contribution >= 0.6 is 0 Å². The number of alkyl halides is 3. The molecule has 1 atom stereocenters. The molecule has 0 saturated carbocycles. The van der Waals surface area contributed by atoms with Gasteiger partial charge in [-0.1, -0.05) is 24.3 Å². The molecule has 2 nitrogen and oxygen atoms in total. The summed E-state index contributed by atoms with van der Waals surface area (Å²) in [6.45, 7) is 0. The second kappa shape index (κ2) is 6.13. The minimum atomic E-state index is -4.72. The van der Waals surface area contributed by atoms with E-state index in [4.69, 9.17) is 5.73 Å². The standard InChI is InChI=1S/C15H13F4NO/c16-12-3-1-2-10(8-12)9-14(20)11-4-6-13(7-5-11)21-15(17,18)19/h1-8,14H,9,20H2. The van der Waals surface area contributed by atoms with Gasteiger partial charge in [-0.05, 0) is 41.8 Å². The van der Waals surface area contributed by atoms with Gasteiger partial charge in [0.25, 0.3) is 0 Å². The number of halogens is 4. The van der Waals surface area contributed by atoms with Crippen molar-refractivity contribution in [2.45, 2.75) is 18.8 Å². The average Bonchev–Trinajstić information content (AvgIpc) is 2.37. The Morgan fingerprint density at radius 3 is 2.29 bits per heavy atom. The van der Waals surface area contributed by atoms with Crippen molar-refractivity contribution in [1.82, 2.24) is 0 Å². The van der Waals surface area contributed by atoms with E-state index in [1.165, 1.54) is 36.4 Å².